The molecule has 4 rings (SSSR count). The number of hydrogen-bond donors (Lipinski definition) is 0. The molecule has 0 saturated carbocycles. The summed E-state index contributed by atoms with van der Waals surface area (Å²) in [6.07, 6.45) is 8.09. The van der Waals surface area contributed by atoms with Crippen LogP contribution in [0.3, 0.4) is 0 Å². The normalized spacial score (nSPS) is 11.4. The van der Waals surface area contributed by atoms with Gasteiger partial charge in [-0.2, -0.15) is 0 Å². The van der Waals surface area contributed by atoms with Crippen LogP contribution in [0.2, 0.25) is 76.6 Å². The fraction of sp³-hybridized carbons (Fsp3) is 0.550. The molecule has 77 heavy (non-hydrogen) atoms. The highest BCUT2D eigenvalue weighted by molar-refractivity contribution is 6.85. The summed E-state index contributed by atoms with van der Waals surface area (Å²) >= 11 is 0. The number of unbranched alkanes of at least 4 members (excludes halogenated alkanes) is 2. The van der Waals surface area contributed by atoms with Crippen molar-refractivity contribution in [3.05, 3.63) is 108 Å². The zero-order chi connectivity index (χ0) is 57.8. The minimum atomic E-state index is -1.58. The van der Waals surface area contributed by atoms with Crippen LogP contribution >= 0.6 is 0 Å². The molecule has 0 aliphatic rings. The first kappa shape index (κ1) is 70.6. The van der Waals surface area contributed by atoms with Crippen LogP contribution in [0, 0.1) is 0 Å². The van der Waals surface area contributed by atoms with Gasteiger partial charge in [-0.25, -0.2) is 0 Å². The van der Waals surface area contributed by atoms with Crippen molar-refractivity contribution >= 4 is 51.2 Å². The SMILES string of the molecule is CCCC[Si](C)(C)O[Si](C)(C)CCCOCCOC.CCCC[Si](C)(C)O[Si](C)(C)CCCOCCOC(C)=O.COc1ccc(-c2ccc(OC(C)=O)cc2)cc1.COc1ccc(Cc2ccc(OC(C)=O)cc2)cc1. The second-order valence-electron chi connectivity index (χ2n) is 21.3. The summed E-state index contributed by atoms with van der Waals surface area (Å²) in [5, 5.41) is 0. The topological polar surface area (TPSA) is 144 Å². The van der Waals surface area contributed by atoms with Crippen molar-refractivity contribution in [3.8, 4) is 34.1 Å². The second kappa shape index (κ2) is 39.0. The highest BCUT2D eigenvalue weighted by atomic mass is 28.4. The number of rotatable bonds is 31. The lowest BCUT2D eigenvalue weighted by Gasteiger charge is -2.34. The number of benzene rings is 4. The number of carbonyl (C=O) groups excluding carboxylic acids is 3. The van der Waals surface area contributed by atoms with Crippen LogP contribution < -0.4 is 18.9 Å². The molecule has 13 nitrogen and oxygen atoms in total. The summed E-state index contributed by atoms with van der Waals surface area (Å²) in [5.41, 5.74) is 4.53. The number of methoxy groups -OCH3 is 3. The van der Waals surface area contributed by atoms with Crippen molar-refractivity contribution in [2.45, 2.75) is 156 Å². The molecule has 0 amide bonds. The molecule has 0 aliphatic heterocycles. The Bertz CT molecular complexity index is 2180. The van der Waals surface area contributed by atoms with Gasteiger partial charge in [0.15, 0.2) is 33.3 Å². The molecule has 0 radical (unpaired) electrons. The summed E-state index contributed by atoms with van der Waals surface area (Å²) < 4.78 is 54.1. The molecule has 0 fully saturated rings. The maximum atomic E-state index is 10.8. The van der Waals surface area contributed by atoms with E-state index in [1.165, 1.54) is 75.7 Å². The van der Waals surface area contributed by atoms with E-state index in [1.807, 2.05) is 72.8 Å². The number of esters is 3. The molecule has 0 spiro atoms. The van der Waals surface area contributed by atoms with Gasteiger partial charge in [-0.15, -0.1) is 0 Å². The predicted octanol–water partition coefficient (Wildman–Crippen LogP) is 14.9. The molecule has 0 heterocycles. The number of carbonyl (C=O) groups is 3. The molecule has 0 saturated heterocycles. The molecule has 0 N–H and O–H groups in total. The first-order valence-corrected chi connectivity index (χ1v) is 39.8. The Labute approximate surface area is 468 Å². The molecule has 0 bridgehead atoms. The van der Waals surface area contributed by atoms with E-state index >= 15 is 0 Å². The Kier molecular flexibility index (Phi) is 35.8. The summed E-state index contributed by atoms with van der Waals surface area (Å²) in [5.74, 6) is 1.95. The van der Waals surface area contributed by atoms with Crippen LogP contribution in [-0.2, 0) is 48.0 Å². The lowest BCUT2D eigenvalue weighted by molar-refractivity contribution is -0.142. The van der Waals surface area contributed by atoms with Crippen LogP contribution in [0.25, 0.3) is 11.1 Å². The average molecular weight is 1140 g/mol. The van der Waals surface area contributed by atoms with Gasteiger partial charge in [0.1, 0.15) is 29.6 Å². The van der Waals surface area contributed by atoms with Crippen LogP contribution in [0.4, 0.5) is 0 Å². The van der Waals surface area contributed by atoms with Crippen molar-refractivity contribution in [3.63, 3.8) is 0 Å². The summed E-state index contributed by atoms with van der Waals surface area (Å²) in [6, 6.07) is 35.6. The van der Waals surface area contributed by atoms with E-state index in [9.17, 15) is 14.4 Å². The van der Waals surface area contributed by atoms with Gasteiger partial charge in [0, 0.05) is 41.1 Å². The molecule has 0 unspecified atom stereocenters. The minimum Gasteiger partial charge on any atom is -0.497 e. The smallest absolute Gasteiger partial charge is 0.308 e. The monoisotopic (exact) mass is 1140 g/mol. The fourth-order valence-electron chi connectivity index (χ4n) is 8.18. The van der Waals surface area contributed by atoms with E-state index in [0.717, 1.165) is 61.1 Å². The van der Waals surface area contributed by atoms with E-state index < -0.39 is 33.3 Å². The van der Waals surface area contributed by atoms with Gasteiger partial charge in [0.2, 0.25) is 0 Å². The molecule has 0 aromatic heterocycles. The maximum Gasteiger partial charge on any atom is 0.308 e. The third-order valence-corrected chi connectivity index (χ3v) is 26.8. The van der Waals surface area contributed by atoms with E-state index in [4.69, 9.17) is 46.1 Å². The summed E-state index contributed by atoms with van der Waals surface area (Å²) in [4.78, 5) is 32.2. The first-order chi connectivity index (χ1) is 36.4. The van der Waals surface area contributed by atoms with E-state index in [-0.39, 0.29) is 17.9 Å². The maximum absolute atomic E-state index is 10.8. The highest BCUT2D eigenvalue weighted by Crippen LogP contribution is 2.27. The molecule has 0 atom stereocenters. The summed E-state index contributed by atoms with van der Waals surface area (Å²) in [6.45, 7) is 31.2. The number of hydrogen-bond acceptors (Lipinski definition) is 13. The van der Waals surface area contributed by atoms with Gasteiger partial charge < -0.3 is 46.1 Å². The average Bonchev–Trinajstić information content (AvgIpc) is 3.36. The van der Waals surface area contributed by atoms with Crippen molar-refractivity contribution in [2.75, 3.05) is 61.0 Å². The lowest BCUT2D eigenvalue weighted by atomic mass is 10.0. The van der Waals surface area contributed by atoms with Crippen LogP contribution in [-0.4, -0.2) is 112 Å². The first-order valence-electron chi connectivity index (χ1n) is 27.4. The third kappa shape index (κ3) is 36.4. The van der Waals surface area contributed by atoms with Crippen molar-refractivity contribution in [1.29, 1.82) is 0 Å². The van der Waals surface area contributed by atoms with Gasteiger partial charge in [-0.3, -0.25) is 14.4 Å². The standard InChI is InChI=1S/C16H16O3.C15H34O4Si2.C15H14O3.C14H34O3Si2/c1-12(17)19-16-9-5-14(6-10-16)11-13-3-7-15(18-2)8-4-13;1-7-8-13-20(3,4)19-21(5,6)14-9-10-17-11-12-18-15(2)16;1-11(16)18-15-9-5-13(6-10-15)12-3-7-14(17-2)8-4-12;1-7-8-13-18(3,4)17-19(5,6)14-9-10-16-12-11-15-2/h3-10H,11H2,1-2H3;7-14H2,1-6H3;3-10H,1-2H3;7-14H2,1-6H3. The Morgan fingerprint density at radius 2 is 0.714 bits per heavy atom. The van der Waals surface area contributed by atoms with Gasteiger partial charge in [0.25, 0.3) is 0 Å². The Morgan fingerprint density at radius 3 is 1.04 bits per heavy atom. The molecule has 0 aliphatic carbocycles. The second-order valence-corrected chi connectivity index (χ2v) is 39.0. The predicted molar refractivity (Wildman–Crippen MR) is 324 cm³/mol. The highest BCUT2D eigenvalue weighted by Gasteiger charge is 2.33. The Balaban J connectivity index is 0.000000514. The van der Waals surface area contributed by atoms with Crippen molar-refractivity contribution in [2.24, 2.45) is 0 Å². The number of ether oxygens (including phenoxy) is 8. The van der Waals surface area contributed by atoms with Crippen molar-refractivity contribution < 1.29 is 60.5 Å². The molecule has 4 aromatic rings. The molecule has 432 valence electrons. The van der Waals surface area contributed by atoms with Crippen LogP contribution in [0.15, 0.2) is 97.1 Å². The van der Waals surface area contributed by atoms with Crippen molar-refractivity contribution in [1.82, 2.24) is 0 Å². The summed E-state index contributed by atoms with van der Waals surface area (Å²) in [7, 11) is -1.01. The zero-order valence-corrected chi connectivity index (χ0v) is 54.1. The van der Waals surface area contributed by atoms with Crippen LogP contribution in [0.5, 0.6) is 23.0 Å². The minimum absolute atomic E-state index is 0.250. The van der Waals surface area contributed by atoms with Gasteiger partial charge >= 0.3 is 17.9 Å². The fourth-order valence-corrected chi connectivity index (χ4v) is 26.2. The Hall–Kier alpha value is -4.44. The molecule has 4 aromatic carbocycles. The van der Waals surface area contributed by atoms with E-state index in [1.54, 1.807) is 45.6 Å². The van der Waals surface area contributed by atoms with E-state index in [2.05, 4.69) is 66.2 Å². The quantitative estimate of drug-likeness (QED) is 0.0204. The molecular weight excluding hydrogens is 1040 g/mol. The Morgan fingerprint density at radius 1 is 0.390 bits per heavy atom. The molecular formula is C60H98O13Si4. The largest absolute Gasteiger partial charge is 0.497 e. The lowest BCUT2D eigenvalue weighted by Crippen LogP contribution is -2.44. The van der Waals surface area contributed by atoms with Gasteiger partial charge in [-0.05, 0) is 167 Å². The van der Waals surface area contributed by atoms with E-state index in [0.29, 0.717) is 37.9 Å². The third-order valence-electron chi connectivity index (χ3n) is 11.8. The van der Waals surface area contributed by atoms with Gasteiger partial charge in [0.05, 0.1) is 34.0 Å². The molecule has 17 heteroatoms. The van der Waals surface area contributed by atoms with Crippen LogP contribution in [0.1, 0.15) is 84.3 Å². The zero-order valence-electron chi connectivity index (χ0n) is 50.1. The van der Waals surface area contributed by atoms with Gasteiger partial charge in [-0.1, -0.05) is 88.1 Å².